The van der Waals surface area contributed by atoms with Gasteiger partial charge in [-0.15, -0.1) is 0 Å². The van der Waals surface area contributed by atoms with E-state index in [9.17, 15) is 4.79 Å². The SMILES string of the molecule is O=C(Nc1ccccc1-c1ccc2c(c1)C(c1ccccc1)(c1ccccc1)c1ccccc1-2)c1ccccc1. The van der Waals surface area contributed by atoms with Gasteiger partial charge in [0.25, 0.3) is 5.91 Å². The van der Waals surface area contributed by atoms with Gasteiger partial charge in [-0.05, 0) is 63.2 Å². The number of carbonyl (C=O) groups is 1. The number of fused-ring (bicyclic) bond motifs is 3. The van der Waals surface area contributed by atoms with Gasteiger partial charge in [-0.2, -0.15) is 0 Å². The highest BCUT2D eigenvalue weighted by Gasteiger charge is 2.46. The number of nitrogens with one attached hydrogen (secondary N) is 1. The van der Waals surface area contributed by atoms with Crippen LogP contribution in [0.2, 0.25) is 0 Å². The van der Waals surface area contributed by atoms with Gasteiger partial charge in [-0.25, -0.2) is 0 Å². The predicted octanol–water partition coefficient (Wildman–Crippen LogP) is 8.97. The van der Waals surface area contributed by atoms with E-state index in [4.69, 9.17) is 0 Å². The third kappa shape index (κ3) is 3.77. The Morgan fingerprint density at radius 2 is 1.00 bits per heavy atom. The normalized spacial score (nSPS) is 12.8. The molecule has 7 rings (SSSR count). The van der Waals surface area contributed by atoms with E-state index in [-0.39, 0.29) is 5.91 Å². The van der Waals surface area contributed by atoms with Crippen LogP contribution >= 0.6 is 0 Å². The highest BCUT2D eigenvalue weighted by atomic mass is 16.1. The van der Waals surface area contributed by atoms with Crippen LogP contribution in [0.15, 0.2) is 158 Å². The average Bonchev–Trinajstić information content (AvgIpc) is 3.33. The average molecular weight is 514 g/mol. The first-order valence-corrected chi connectivity index (χ1v) is 13.6. The number of amides is 1. The molecule has 0 unspecified atom stereocenters. The van der Waals surface area contributed by atoms with Crippen LogP contribution in [0.3, 0.4) is 0 Å². The van der Waals surface area contributed by atoms with E-state index in [1.807, 2.05) is 48.5 Å². The molecule has 1 amide bonds. The molecule has 2 nitrogen and oxygen atoms in total. The number of benzene rings is 6. The number of hydrogen-bond acceptors (Lipinski definition) is 1. The summed E-state index contributed by atoms with van der Waals surface area (Å²) in [6.45, 7) is 0. The van der Waals surface area contributed by atoms with Gasteiger partial charge in [0.05, 0.1) is 5.41 Å². The Balaban J connectivity index is 1.44. The van der Waals surface area contributed by atoms with Gasteiger partial charge < -0.3 is 5.32 Å². The summed E-state index contributed by atoms with van der Waals surface area (Å²) in [5, 5.41) is 3.16. The van der Waals surface area contributed by atoms with E-state index in [0.717, 1.165) is 16.8 Å². The van der Waals surface area contributed by atoms with Crippen LogP contribution in [-0.4, -0.2) is 5.91 Å². The van der Waals surface area contributed by atoms with E-state index < -0.39 is 5.41 Å². The van der Waals surface area contributed by atoms with Crippen LogP contribution < -0.4 is 5.32 Å². The molecule has 6 aromatic carbocycles. The molecule has 0 saturated heterocycles. The van der Waals surface area contributed by atoms with E-state index >= 15 is 0 Å². The molecule has 0 spiro atoms. The Hall–Kier alpha value is -5.21. The van der Waals surface area contributed by atoms with Crippen molar-refractivity contribution in [3.8, 4) is 22.3 Å². The fraction of sp³-hybridized carbons (Fsp3) is 0.0263. The number of rotatable bonds is 5. The van der Waals surface area contributed by atoms with Crippen molar-refractivity contribution in [2.45, 2.75) is 5.41 Å². The molecule has 40 heavy (non-hydrogen) atoms. The first kappa shape index (κ1) is 23.9. The van der Waals surface area contributed by atoms with Crippen molar-refractivity contribution in [3.05, 3.63) is 186 Å². The zero-order valence-corrected chi connectivity index (χ0v) is 21.9. The topological polar surface area (TPSA) is 29.1 Å². The molecule has 0 fully saturated rings. The van der Waals surface area contributed by atoms with Crippen molar-refractivity contribution >= 4 is 11.6 Å². The molecule has 0 saturated carbocycles. The molecule has 0 aromatic heterocycles. The lowest BCUT2D eigenvalue weighted by molar-refractivity contribution is 0.102. The third-order valence-electron chi connectivity index (χ3n) is 7.98. The van der Waals surface area contributed by atoms with Crippen molar-refractivity contribution in [1.82, 2.24) is 0 Å². The summed E-state index contributed by atoms with van der Waals surface area (Å²) >= 11 is 0. The second kappa shape index (κ2) is 9.83. The van der Waals surface area contributed by atoms with E-state index in [1.54, 1.807) is 0 Å². The van der Waals surface area contributed by atoms with Crippen molar-refractivity contribution in [2.75, 3.05) is 5.32 Å². The van der Waals surface area contributed by atoms with Gasteiger partial charge in [0.2, 0.25) is 0 Å². The number of para-hydroxylation sites is 1. The third-order valence-corrected chi connectivity index (χ3v) is 7.98. The number of anilines is 1. The minimum atomic E-state index is -0.466. The first-order chi connectivity index (χ1) is 19.8. The maximum absolute atomic E-state index is 13.1. The summed E-state index contributed by atoms with van der Waals surface area (Å²) in [4.78, 5) is 13.1. The minimum Gasteiger partial charge on any atom is -0.321 e. The van der Waals surface area contributed by atoms with E-state index in [0.29, 0.717) is 5.56 Å². The quantitative estimate of drug-likeness (QED) is 0.244. The van der Waals surface area contributed by atoms with Crippen LogP contribution in [0.1, 0.15) is 32.6 Å². The molecule has 0 radical (unpaired) electrons. The highest BCUT2D eigenvalue weighted by molar-refractivity contribution is 6.06. The molecule has 1 aliphatic rings. The van der Waals surface area contributed by atoms with E-state index in [1.165, 1.54) is 33.4 Å². The molecule has 0 atom stereocenters. The van der Waals surface area contributed by atoms with Gasteiger partial charge in [-0.3, -0.25) is 4.79 Å². The summed E-state index contributed by atoms with van der Waals surface area (Å²) in [5.74, 6) is -0.121. The lowest BCUT2D eigenvalue weighted by atomic mass is 9.67. The fourth-order valence-electron chi connectivity index (χ4n) is 6.24. The number of carbonyl (C=O) groups excluding carboxylic acids is 1. The summed E-state index contributed by atoms with van der Waals surface area (Å²) in [6, 6.07) is 54.5. The largest absolute Gasteiger partial charge is 0.321 e. The van der Waals surface area contributed by atoms with Crippen LogP contribution in [0.25, 0.3) is 22.3 Å². The minimum absolute atomic E-state index is 0.121. The van der Waals surface area contributed by atoms with Crippen LogP contribution in [0.5, 0.6) is 0 Å². The molecule has 6 aromatic rings. The van der Waals surface area contributed by atoms with Gasteiger partial charge in [0, 0.05) is 16.8 Å². The predicted molar refractivity (Wildman–Crippen MR) is 164 cm³/mol. The molecule has 0 heterocycles. The van der Waals surface area contributed by atoms with Crippen molar-refractivity contribution in [3.63, 3.8) is 0 Å². The van der Waals surface area contributed by atoms with Crippen LogP contribution in [0.4, 0.5) is 5.69 Å². The van der Waals surface area contributed by atoms with Gasteiger partial charge in [0.15, 0.2) is 0 Å². The molecule has 1 aliphatic carbocycles. The van der Waals surface area contributed by atoms with E-state index in [2.05, 4.69) is 115 Å². The summed E-state index contributed by atoms with van der Waals surface area (Å²) in [6.07, 6.45) is 0. The molecule has 1 N–H and O–H groups in total. The lowest BCUT2D eigenvalue weighted by Gasteiger charge is -2.34. The number of hydrogen-bond donors (Lipinski definition) is 1. The first-order valence-electron chi connectivity index (χ1n) is 13.6. The van der Waals surface area contributed by atoms with Gasteiger partial charge in [0.1, 0.15) is 0 Å². The van der Waals surface area contributed by atoms with Crippen molar-refractivity contribution in [2.24, 2.45) is 0 Å². The maximum Gasteiger partial charge on any atom is 0.255 e. The second-order valence-electron chi connectivity index (χ2n) is 10.2. The zero-order valence-electron chi connectivity index (χ0n) is 21.9. The summed E-state index contributed by atoms with van der Waals surface area (Å²) in [5.41, 5.74) is 10.5. The Labute approximate surface area is 234 Å². The summed E-state index contributed by atoms with van der Waals surface area (Å²) in [7, 11) is 0. The summed E-state index contributed by atoms with van der Waals surface area (Å²) < 4.78 is 0. The van der Waals surface area contributed by atoms with Gasteiger partial charge in [-0.1, -0.05) is 133 Å². The Morgan fingerprint density at radius 3 is 1.68 bits per heavy atom. The molecule has 0 bridgehead atoms. The lowest BCUT2D eigenvalue weighted by Crippen LogP contribution is -2.28. The maximum atomic E-state index is 13.1. The van der Waals surface area contributed by atoms with Gasteiger partial charge >= 0.3 is 0 Å². The molecule has 2 heteroatoms. The second-order valence-corrected chi connectivity index (χ2v) is 10.2. The molecule has 190 valence electrons. The smallest absolute Gasteiger partial charge is 0.255 e. The standard InChI is InChI=1S/C38H27NO/c40-37(27-14-4-1-5-15-27)39-36-23-13-11-20-31(36)28-24-25-33-32-21-10-12-22-34(32)38(35(33)26-28,29-16-6-2-7-17-29)30-18-8-3-9-19-30/h1-26H,(H,39,40). The van der Waals surface area contributed by atoms with Crippen LogP contribution in [0, 0.1) is 0 Å². The molecule has 0 aliphatic heterocycles. The highest BCUT2D eigenvalue weighted by Crippen LogP contribution is 2.56. The van der Waals surface area contributed by atoms with Crippen molar-refractivity contribution < 1.29 is 4.79 Å². The zero-order chi connectivity index (χ0) is 26.9. The fourth-order valence-corrected chi connectivity index (χ4v) is 6.24. The monoisotopic (exact) mass is 513 g/mol. The Bertz CT molecular complexity index is 1790. The molecular formula is C38H27NO. The Morgan fingerprint density at radius 1 is 0.475 bits per heavy atom. The van der Waals surface area contributed by atoms with Crippen molar-refractivity contribution in [1.29, 1.82) is 0 Å². The Kier molecular flexibility index (Phi) is 5.87. The van der Waals surface area contributed by atoms with Crippen LogP contribution in [-0.2, 0) is 5.41 Å². The molecular weight excluding hydrogens is 486 g/mol.